The second kappa shape index (κ2) is 59.7. The third-order valence-electron chi connectivity index (χ3n) is 20.2. The number of aromatic hydroxyl groups is 3. The number of imide groups is 2. The molecule has 131 heavy (non-hydrogen) atoms. The van der Waals surface area contributed by atoms with E-state index in [4.69, 9.17) is 39.4 Å². The van der Waals surface area contributed by atoms with Crippen molar-refractivity contribution >= 4 is 54.2 Å². The first-order chi connectivity index (χ1) is 60.8. The predicted molar refractivity (Wildman–Crippen MR) is 470 cm³/mol. The Hall–Kier alpha value is -11.6. The van der Waals surface area contributed by atoms with Crippen molar-refractivity contribution in [2.45, 2.75) is 174 Å². The van der Waals surface area contributed by atoms with Crippen LogP contribution in [0.25, 0.3) is 0 Å². The largest absolute Gasteiger partial charge is 1.00 e. The van der Waals surface area contributed by atoms with Gasteiger partial charge in [-0.15, -0.1) is 0 Å². The summed E-state index contributed by atoms with van der Waals surface area (Å²) in [5.41, 5.74) is 4.54. The smallest absolute Gasteiger partial charge is 0.677 e. The summed E-state index contributed by atoms with van der Waals surface area (Å²) in [7, 11) is 0. The van der Waals surface area contributed by atoms with Gasteiger partial charge in [0.1, 0.15) is 42.3 Å². The Bertz CT molecular complexity index is 4600. The van der Waals surface area contributed by atoms with E-state index >= 15 is 0 Å². The minimum Gasteiger partial charge on any atom is -0.677 e. The number of aliphatic carboxylic acids is 1. The maximum Gasteiger partial charge on any atom is 1.00 e. The second-order valence-corrected chi connectivity index (χ2v) is 31.5. The number of carbonyl (C=O) groups is 8. The van der Waals surface area contributed by atoms with Gasteiger partial charge in [-0.3, -0.25) is 35.2 Å². The number of phenols is 3. The zero-order valence-electron chi connectivity index (χ0n) is 77.2. The maximum absolute atomic E-state index is 13.5. The Labute approximate surface area is 772 Å². The van der Waals surface area contributed by atoms with Gasteiger partial charge in [-0.2, -0.15) is 6.42 Å². The Balaban J connectivity index is 0.000000775. The molecule has 0 saturated carbocycles. The van der Waals surface area contributed by atoms with Crippen molar-refractivity contribution in [3.63, 3.8) is 0 Å². The van der Waals surface area contributed by atoms with Crippen molar-refractivity contribution in [3.8, 4) is 17.2 Å². The number of carboxylic acid groups (broad SMARTS) is 1. The van der Waals surface area contributed by atoms with Gasteiger partial charge in [-0.05, 0) is 199 Å². The second-order valence-electron chi connectivity index (χ2n) is 31.5. The van der Waals surface area contributed by atoms with Gasteiger partial charge in [-0.25, -0.2) is 63.3 Å². The number of halogens is 10. The van der Waals surface area contributed by atoms with Crippen LogP contribution in [0.4, 0.5) is 53.5 Å². The molecule has 712 valence electrons. The Morgan fingerprint density at radius 1 is 0.458 bits per heavy atom. The van der Waals surface area contributed by atoms with Crippen molar-refractivity contribution in [1.29, 1.82) is 0 Å². The molecule has 0 aliphatic carbocycles. The molecule has 22 nitrogen and oxygen atoms in total. The molecular formula is C98H120F10LiN4O18-. The van der Waals surface area contributed by atoms with E-state index in [1.807, 2.05) is 118 Å². The molecule has 0 radical (unpaired) electrons. The molecule has 0 bridgehead atoms. The first-order valence-electron chi connectivity index (χ1n) is 41.9. The van der Waals surface area contributed by atoms with Crippen LogP contribution < -0.4 is 25.0 Å². The number of carboxylic acids is 1. The van der Waals surface area contributed by atoms with Crippen molar-refractivity contribution in [1.82, 2.24) is 20.9 Å². The summed E-state index contributed by atoms with van der Waals surface area (Å²) in [5, 5.41) is 35.9. The van der Waals surface area contributed by atoms with Crippen LogP contribution in [-0.2, 0) is 109 Å². The van der Waals surface area contributed by atoms with Crippen LogP contribution in [0.2, 0.25) is 0 Å². The van der Waals surface area contributed by atoms with Crippen LogP contribution in [0.5, 0.6) is 17.2 Å². The summed E-state index contributed by atoms with van der Waals surface area (Å²) < 4.78 is 157. The number of amides is 4. The molecule has 7 N–H and O–H groups in total. The molecule has 8 aromatic carbocycles. The number of benzene rings is 8. The van der Waals surface area contributed by atoms with E-state index in [9.17, 15) is 87.1 Å². The van der Waals surface area contributed by atoms with E-state index in [1.54, 1.807) is 48.5 Å². The monoisotopic (exact) mass is 1840 g/mol. The van der Waals surface area contributed by atoms with E-state index in [0.717, 1.165) is 63.7 Å². The molecule has 2 aliphatic heterocycles. The molecule has 0 spiro atoms. The SMILES string of the molecule is CC(=O)C(C)(C)C.CCN(CC)CC.CCOC(=O)C(C)Cc1cc(F)c(C)c(F)c1.CCOC(=O)C(C)Cc1cc(F)c(O)c(F)c1.C[C@@H](Cc1cc(F)c(O)c(F)c1)C(=O)N1C(=O)OC[C@H]1Cc1ccccc1.C[C@H](Cc1cc(F)c(O)c(F)c1)C(=O)N1C(=O)OC[C@H]1Cc1ccccc1.Cc1c(F)cc(CC(C)C(=O)O)cc1F.N.O=[C-]OC[CH-]Cc1ccccc1.[Li+]. The van der Waals surface area contributed by atoms with Gasteiger partial charge in [0.2, 0.25) is 11.8 Å². The number of cyclic esters (lactones) is 2. The van der Waals surface area contributed by atoms with Gasteiger partial charge in [0.15, 0.2) is 52.2 Å². The molecule has 2 saturated heterocycles. The Kier molecular flexibility index (Phi) is 53.5. The van der Waals surface area contributed by atoms with Gasteiger partial charge < -0.3 is 60.0 Å². The van der Waals surface area contributed by atoms with Crippen molar-refractivity contribution < 1.29 is 150 Å². The van der Waals surface area contributed by atoms with Crippen LogP contribution in [0.3, 0.4) is 0 Å². The molecule has 10 rings (SSSR count). The number of phenolic OH excluding ortho intramolecular Hbond substituents is 3. The number of rotatable bonds is 29. The zero-order valence-corrected chi connectivity index (χ0v) is 77.2. The van der Waals surface area contributed by atoms with Crippen LogP contribution in [0.15, 0.2) is 152 Å². The quantitative estimate of drug-likeness (QED) is 0.00726. The third kappa shape index (κ3) is 40.8. The summed E-state index contributed by atoms with van der Waals surface area (Å²) in [6, 6.07) is 38.8. The van der Waals surface area contributed by atoms with Crippen molar-refractivity contribution in [2.24, 2.45) is 35.0 Å². The van der Waals surface area contributed by atoms with Gasteiger partial charge in [0, 0.05) is 28.4 Å². The maximum atomic E-state index is 13.5. The van der Waals surface area contributed by atoms with Crippen molar-refractivity contribution in [2.75, 3.05) is 52.7 Å². The minimum absolute atomic E-state index is 0. The number of Topliss-reactive ketones (excluding diaryl/α,β-unsaturated/α-hetero) is 1. The van der Waals surface area contributed by atoms with Gasteiger partial charge in [-0.1, -0.05) is 186 Å². The summed E-state index contributed by atoms with van der Waals surface area (Å²) in [4.78, 5) is 108. The van der Waals surface area contributed by atoms with E-state index < -0.39 is 153 Å². The topological polar surface area (TPSA) is 325 Å². The van der Waals surface area contributed by atoms with Crippen LogP contribution in [-0.4, -0.2) is 154 Å². The standard InChI is InChI=1S/2C20H19F2NO4.C13H16F2O2.C12H14F2O3.C11H12F2O2.C10H10O2.C6H15N.C6H12O.Li.H3N/c2*1-12(7-14-9-16(21)18(24)17(22)10-14)19(25)23-15(11-27-20(23)26)8-13-5-3-2-4-6-13;1-4-17-13(16)8(2)5-10-6-11(14)9(3)12(15)7-10;1-3-17-12(16)7(2)4-8-5-9(13)11(15)10(14)6-8;1-6(11(14)15)3-8-4-9(12)7(2)10(13)5-8;11-9-12-8-4-7-10-5-2-1-3-6-10;1-4-7(5-2)6-3;1-5(7)6(2,3)4;;/h2*2-6,9-10,12,15,24H,7-8,11H2,1H3;6-8H,4-5H2,1-3H3;5-7,15H,3-4H2,1-2H3;4-6H,3H2,1-2H3,(H,14,15);1-6H,7-8H2;4-6H2,1-3H3;1-4H3;;1H3/q;;;;;-2;;;+1;/t12-,15+;12-,15-;;;;;;;;/m01......../s1. The first-order valence-corrected chi connectivity index (χ1v) is 41.9. The minimum atomic E-state index is -1.09. The molecule has 8 aromatic rings. The van der Waals surface area contributed by atoms with Gasteiger partial charge >= 0.3 is 49.0 Å². The van der Waals surface area contributed by atoms with Crippen LogP contribution >= 0.6 is 0 Å². The molecule has 3 unspecified atom stereocenters. The van der Waals surface area contributed by atoms with Crippen molar-refractivity contribution in [3.05, 3.63) is 272 Å². The van der Waals surface area contributed by atoms with E-state index in [0.29, 0.717) is 42.7 Å². The summed E-state index contributed by atoms with van der Waals surface area (Å²) in [5.74, 6) is -17.3. The summed E-state index contributed by atoms with van der Waals surface area (Å²) in [6.07, 6.45) is 2.82. The van der Waals surface area contributed by atoms with Crippen LogP contribution in [0.1, 0.15) is 153 Å². The number of hydrogen-bond acceptors (Lipinski definition) is 19. The fourth-order valence-corrected chi connectivity index (χ4v) is 12.2. The fraction of sp³-hybridized carbons (Fsp3) is 0.408. The van der Waals surface area contributed by atoms with E-state index in [2.05, 4.69) is 30.4 Å². The molecule has 4 amide bonds. The molecule has 2 heterocycles. The number of hydrogen-bond donors (Lipinski definition) is 5. The molecule has 0 aromatic heterocycles. The average Bonchev–Trinajstić information content (AvgIpc) is 1.73. The van der Waals surface area contributed by atoms with Gasteiger partial charge in [0.25, 0.3) is 0 Å². The molecular weight excluding hydrogens is 1720 g/mol. The summed E-state index contributed by atoms with van der Waals surface area (Å²) in [6.45, 7) is 34.0. The van der Waals surface area contributed by atoms with E-state index in [-0.39, 0.29) is 116 Å². The molecule has 2 fully saturated rings. The number of esters is 2. The normalized spacial score (nSPS) is 13.9. The summed E-state index contributed by atoms with van der Waals surface area (Å²) >= 11 is 0. The Morgan fingerprint density at radius 2 is 0.718 bits per heavy atom. The van der Waals surface area contributed by atoms with Gasteiger partial charge in [0.05, 0.1) is 43.1 Å². The molecule has 33 heteroatoms. The number of ether oxygens (including phenoxy) is 5. The number of nitrogens with zero attached hydrogens (tertiary/aromatic N) is 3. The first kappa shape index (κ1) is 117. The average molecular weight is 1840 g/mol. The zero-order chi connectivity index (χ0) is 97.1. The van der Waals surface area contributed by atoms with Crippen LogP contribution in [0, 0.1) is 113 Å². The Morgan fingerprint density at radius 3 is 0.962 bits per heavy atom. The number of ketones is 1. The third-order valence-corrected chi connectivity index (χ3v) is 20.2. The predicted octanol–water partition coefficient (Wildman–Crippen LogP) is 16.5. The number of carbonyl (C=O) groups excluding carboxylic acids is 8. The molecule has 2 aliphatic rings. The molecule has 7 atom stereocenters. The fourth-order valence-electron chi connectivity index (χ4n) is 12.2. The van der Waals surface area contributed by atoms with E-state index in [1.165, 1.54) is 76.7 Å².